The molecule has 0 aliphatic carbocycles. The average Bonchev–Trinajstić information content (AvgIpc) is 2.58. The zero-order valence-corrected chi connectivity index (χ0v) is 20.9. The van der Waals surface area contributed by atoms with Gasteiger partial charge in [-0.3, -0.25) is 4.98 Å². The Balaban J connectivity index is 2.73. The summed E-state index contributed by atoms with van der Waals surface area (Å²) in [6, 6.07) is 10.5. The number of pyridine rings is 1. The van der Waals surface area contributed by atoms with Crippen LogP contribution in [-0.4, -0.2) is 55.1 Å². The van der Waals surface area contributed by atoms with Crippen molar-refractivity contribution in [2.24, 2.45) is 10.8 Å². The van der Waals surface area contributed by atoms with Gasteiger partial charge in [-0.1, -0.05) is 69.7 Å². The van der Waals surface area contributed by atoms with Crippen LogP contribution in [0.1, 0.15) is 52.7 Å². The largest absolute Gasteiger partial charge is 0.256 e. The maximum absolute atomic E-state index is 6.73. The second-order valence-electron chi connectivity index (χ2n) is 11.2. The number of hydrogen-bond acceptors (Lipinski definition) is 1. The van der Waals surface area contributed by atoms with E-state index in [9.17, 15) is 0 Å². The molecule has 8 radical (unpaired) electrons. The van der Waals surface area contributed by atoms with Crippen molar-refractivity contribution in [3.8, 4) is 11.3 Å². The SMILES string of the molecule is [B]C([B])(c1cnc(-c2ccc(S(C)(C)C)cc2)cc1C([B])([B])C(C)(C)C)C(C)(C)C. The van der Waals surface area contributed by atoms with E-state index in [0.29, 0.717) is 5.56 Å². The predicted molar refractivity (Wildman–Crippen MR) is 139 cm³/mol. The maximum Gasteiger partial charge on any atom is 0.0704 e. The Labute approximate surface area is 191 Å². The fraction of sp³-hybridized carbons (Fsp3) is 0.542. The summed E-state index contributed by atoms with van der Waals surface area (Å²) in [6.07, 6.45) is 8.59. The van der Waals surface area contributed by atoms with Crippen LogP contribution in [0.3, 0.4) is 0 Å². The lowest BCUT2D eigenvalue weighted by Gasteiger charge is -2.48. The van der Waals surface area contributed by atoms with Crippen LogP contribution in [-0.2, 0) is 10.4 Å². The van der Waals surface area contributed by atoms with Crippen molar-refractivity contribution in [1.29, 1.82) is 0 Å². The first kappa shape index (κ1) is 25.2. The smallest absolute Gasteiger partial charge is 0.0704 e. The van der Waals surface area contributed by atoms with Crippen LogP contribution in [0, 0.1) is 10.8 Å². The van der Waals surface area contributed by atoms with Gasteiger partial charge in [-0.25, -0.2) is 10.0 Å². The molecule has 0 aliphatic rings. The molecule has 0 unspecified atom stereocenters. The van der Waals surface area contributed by atoms with Gasteiger partial charge in [0.25, 0.3) is 0 Å². The van der Waals surface area contributed by atoms with Crippen LogP contribution in [0.25, 0.3) is 11.3 Å². The molecule has 1 aromatic heterocycles. The van der Waals surface area contributed by atoms with Crippen LogP contribution in [0.4, 0.5) is 0 Å². The minimum Gasteiger partial charge on any atom is -0.256 e. The van der Waals surface area contributed by atoms with Crippen molar-refractivity contribution >= 4 is 41.4 Å². The van der Waals surface area contributed by atoms with Gasteiger partial charge < -0.3 is 0 Å². The van der Waals surface area contributed by atoms with Crippen LogP contribution in [0.15, 0.2) is 41.4 Å². The summed E-state index contributed by atoms with van der Waals surface area (Å²) < 4.78 is 0. The highest BCUT2D eigenvalue weighted by atomic mass is 32.3. The fourth-order valence-corrected chi connectivity index (χ4v) is 4.08. The molecule has 2 rings (SSSR count). The first-order valence-corrected chi connectivity index (χ1v) is 13.1. The highest BCUT2D eigenvalue weighted by molar-refractivity contribution is 8.32. The molecule has 0 N–H and O–H groups in total. The van der Waals surface area contributed by atoms with E-state index in [4.69, 9.17) is 36.4 Å². The van der Waals surface area contributed by atoms with Crippen LogP contribution in [0.2, 0.25) is 0 Å². The summed E-state index contributed by atoms with van der Waals surface area (Å²) in [4.78, 5) is 6.06. The number of benzene rings is 1. The molecule has 0 bridgehead atoms. The van der Waals surface area contributed by atoms with Gasteiger partial charge in [0.2, 0.25) is 0 Å². The van der Waals surface area contributed by atoms with E-state index in [1.807, 2.05) is 47.6 Å². The van der Waals surface area contributed by atoms with Gasteiger partial charge in [0, 0.05) is 11.8 Å². The Morgan fingerprint density at radius 1 is 0.700 bits per heavy atom. The second-order valence-corrected chi connectivity index (χ2v) is 15.4. The molecule has 2 aromatic rings. The third-order valence-electron chi connectivity index (χ3n) is 6.13. The quantitative estimate of drug-likeness (QED) is 0.655. The molecule has 1 heterocycles. The lowest BCUT2D eigenvalue weighted by molar-refractivity contribution is 0.335. The molecule has 0 atom stereocenters. The molecule has 0 fully saturated rings. The summed E-state index contributed by atoms with van der Waals surface area (Å²) >= 11 is 0. The Morgan fingerprint density at radius 2 is 1.13 bits per heavy atom. The van der Waals surface area contributed by atoms with E-state index < -0.39 is 31.3 Å². The van der Waals surface area contributed by atoms with Crippen LogP contribution < -0.4 is 0 Å². The van der Waals surface area contributed by atoms with Crippen molar-refractivity contribution in [3.05, 3.63) is 47.7 Å². The van der Waals surface area contributed by atoms with E-state index in [1.54, 1.807) is 6.20 Å². The van der Waals surface area contributed by atoms with E-state index >= 15 is 0 Å². The lowest BCUT2D eigenvalue weighted by atomic mass is 9.35. The summed E-state index contributed by atoms with van der Waals surface area (Å²) in [5.74, 6) is 0. The molecular weight excluding hydrogens is 378 g/mol. The molecule has 152 valence electrons. The Kier molecular flexibility index (Phi) is 6.59. The molecule has 30 heavy (non-hydrogen) atoms. The zero-order chi connectivity index (χ0) is 23.3. The number of rotatable bonds is 4. The molecule has 0 aliphatic heterocycles. The molecule has 6 heteroatoms. The van der Waals surface area contributed by atoms with Gasteiger partial charge >= 0.3 is 0 Å². The van der Waals surface area contributed by atoms with Gasteiger partial charge in [-0.15, -0.1) is 0 Å². The summed E-state index contributed by atoms with van der Waals surface area (Å²) in [5, 5.41) is -2.30. The molecule has 0 amide bonds. The van der Waals surface area contributed by atoms with Crippen LogP contribution in [0.5, 0.6) is 0 Å². The van der Waals surface area contributed by atoms with Crippen molar-refractivity contribution < 1.29 is 0 Å². The van der Waals surface area contributed by atoms with Gasteiger partial charge in [-0.05, 0) is 58.3 Å². The van der Waals surface area contributed by atoms with Gasteiger partial charge in [-0.2, -0.15) is 0 Å². The number of aromatic nitrogens is 1. The molecule has 1 aromatic carbocycles. The topological polar surface area (TPSA) is 12.9 Å². The molecule has 0 spiro atoms. The minimum absolute atomic E-state index is 0.421. The van der Waals surface area contributed by atoms with Crippen molar-refractivity contribution in [2.45, 2.75) is 56.9 Å². The highest BCUT2D eigenvalue weighted by Crippen LogP contribution is 2.47. The third kappa shape index (κ3) is 4.74. The third-order valence-corrected chi connectivity index (χ3v) is 7.82. The molecule has 0 saturated heterocycles. The monoisotopic (exact) mass is 411 g/mol. The predicted octanol–water partition coefficient (Wildman–Crippen LogP) is 4.87. The van der Waals surface area contributed by atoms with E-state index in [1.165, 1.54) is 4.90 Å². The summed E-state index contributed by atoms with van der Waals surface area (Å²) in [5.41, 5.74) is 2.37. The summed E-state index contributed by atoms with van der Waals surface area (Å²) in [6.45, 7) is 12.1. The Bertz CT molecular complexity index is 899. The molecule has 0 saturated carbocycles. The van der Waals surface area contributed by atoms with E-state index in [-0.39, 0.29) is 0 Å². The van der Waals surface area contributed by atoms with Crippen molar-refractivity contribution in [2.75, 3.05) is 18.8 Å². The average molecular weight is 411 g/mol. The van der Waals surface area contributed by atoms with Crippen molar-refractivity contribution in [3.63, 3.8) is 0 Å². The maximum atomic E-state index is 6.73. The number of nitrogens with zero attached hydrogens (tertiary/aromatic N) is 1. The normalized spacial score (nSPS) is 14.6. The van der Waals surface area contributed by atoms with Crippen LogP contribution >= 0.6 is 10.0 Å². The van der Waals surface area contributed by atoms with Gasteiger partial charge in [0.05, 0.1) is 37.1 Å². The highest BCUT2D eigenvalue weighted by Gasteiger charge is 2.41. The zero-order valence-electron chi connectivity index (χ0n) is 20.1. The lowest BCUT2D eigenvalue weighted by Crippen LogP contribution is -2.47. The Morgan fingerprint density at radius 3 is 1.53 bits per heavy atom. The molecule has 1 nitrogen and oxygen atoms in total. The molecular formula is C24H33B4NS. The summed E-state index contributed by atoms with van der Waals surface area (Å²) in [7, 11) is 25.9. The van der Waals surface area contributed by atoms with Gasteiger partial charge in [0.15, 0.2) is 0 Å². The standard InChI is InChI=1S/C24H33B4NS/c1-21(2,3)23(25,26)18-14-20(16-10-12-17(13-11-16)30(7,8)9)29-15-19(18)24(27,28)22(4,5)6/h10-15H,1-9H3. The minimum atomic E-state index is -1.15. The number of hydrogen-bond donors (Lipinski definition) is 0. The second kappa shape index (κ2) is 7.84. The first-order chi connectivity index (χ1) is 13.3. The van der Waals surface area contributed by atoms with E-state index in [0.717, 1.165) is 16.8 Å². The Hall–Kier alpha value is -1.02. The van der Waals surface area contributed by atoms with Gasteiger partial charge in [0.1, 0.15) is 0 Å². The first-order valence-electron chi connectivity index (χ1n) is 10.3. The van der Waals surface area contributed by atoms with Crippen molar-refractivity contribution in [1.82, 2.24) is 4.98 Å². The van der Waals surface area contributed by atoms with E-state index in [2.05, 4.69) is 43.0 Å². The fourth-order valence-electron chi connectivity index (χ4n) is 3.13.